The first kappa shape index (κ1) is 8.00. The average molecular weight is 158 g/mol. The van der Waals surface area contributed by atoms with Gasteiger partial charge in [-0.3, -0.25) is 9.59 Å². The van der Waals surface area contributed by atoms with Crippen LogP contribution in [0.4, 0.5) is 0 Å². The molecule has 5 nitrogen and oxygen atoms in total. The average Bonchev–Trinajstić information content (AvgIpc) is 1.98. The third-order valence-corrected chi connectivity index (χ3v) is 1.49. The van der Waals surface area contributed by atoms with Crippen LogP contribution in [0.25, 0.3) is 0 Å². The van der Waals surface area contributed by atoms with Crippen molar-refractivity contribution >= 4 is 11.8 Å². The van der Waals surface area contributed by atoms with Crippen molar-refractivity contribution in [2.45, 2.75) is 12.5 Å². The van der Waals surface area contributed by atoms with E-state index in [0.29, 0.717) is 0 Å². The van der Waals surface area contributed by atoms with Gasteiger partial charge in [-0.15, -0.1) is 0 Å². The van der Waals surface area contributed by atoms with Crippen molar-refractivity contribution in [3.63, 3.8) is 0 Å². The number of aliphatic hydroxyl groups excluding tert-OH is 1. The Balaban J connectivity index is 2.47. The molecule has 3 N–H and O–H groups in total. The van der Waals surface area contributed by atoms with Crippen LogP contribution in [0.1, 0.15) is 6.42 Å². The standard InChI is InChI=1S/C6H10N2O3/c9-2-1-4-6(11)7-3-5(10)8-4/h4,9H,1-3H2,(H,7,11)(H,8,10)/t4-/m1/s1. The number of nitrogens with one attached hydrogen (secondary N) is 2. The Morgan fingerprint density at radius 1 is 1.55 bits per heavy atom. The molecule has 0 bridgehead atoms. The summed E-state index contributed by atoms with van der Waals surface area (Å²) in [6, 6.07) is -0.554. The van der Waals surface area contributed by atoms with Crippen molar-refractivity contribution in [2.24, 2.45) is 0 Å². The molecule has 1 aliphatic rings. The highest BCUT2D eigenvalue weighted by atomic mass is 16.3. The number of aliphatic hydroxyl groups is 1. The van der Waals surface area contributed by atoms with Gasteiger partial charge in [-0.05, 0) is 6.42 Å². The zero-order valence-corrected chi connectivity index (χ0v) is 5.96. The Bertz CT molecular complexity index is 181. The summed E-state index contributed by atoms with van der Waals surface area (Å²) in [7, 11) is 0. The Morgan fingerprint density at radius 2 is 2.27 bits per heavy atom. The molecule has 1 atom stereocenters. The maximum absolute atomic E-state index is 10.9. The Labute approximate surface area is 63.8 Å². The molecular formula is C6H10N2O3. The molecule has 0 aromatic heterocycles. The fraction of sp³-hybridized carbons (Fsp3) is 0.667. The Hall–Kier alpha value is -1.10. The first-order valence-corrected chi connectivity index (χ1v) is 3.42. The second-order valence-electron chi connectivity index (χ2n) is 2.35. The molecule has 0 aliphatic carbocycles. The van der Waals surface area contributed by atoms with Crippen molar-refractivity contribution < 1.29 is 14.7 Å². The van der Waals surface area contributed by atoms with Gasteiger partial charge in [-0.25, -0.2) is 0 Å². The van der Waals surface area contributed by atoms with E-state index in [0.717, 1.165) is 0 Å². The first-order chi connectivity index (χ1) is 5.24. The number of rotatable bonds is 2. The predicted molar refractivity (Wildman–Crippen MR) is 36.6 cm³/mol. The van der Waals surface area contributed by atoms with E-state index in [2.05, 4.69) is 10.6 Å². The third kappa shape index (κ3) is 1.91. The Kier molecular flexibility index (Phi) is 2.43. The summed E-state index contributed by atoms with van der Waals surface area (Å²) in [5.74, 6) is -0.429. The van der Waals surface area contributed by atoms with E-state index in [9.17, 15) is 9.59 Å². The van der Waals surface area contributed by atoms with Gasteiger partial charge >= 0.3 is 0 Å². The van der Waals surface area contributed by atoms with Gasteiger partial charge in [0, 0.05) is 6.61 Å². The van der Waals surface area contributed by atoms with Gasteiger partial charge in [-0.1, -0.05) is 0 Å². The van der Waals surface area contributed by atoms with Gasteiger partial charge in [0.25, 0.3) is 0 Å². The first-order valence-electron chi connectivity index (χ1n) is 3.42. The molecule has 1 fully saturated rings. The lowest BCUT2D eigenvalue weighted by molar-refractivity contribution is -0.134. The number of carbonyl (C=O) groups is 2. The van der Waals surface area contributed by atoms with Crippen LogP contribution in [0.2, 0.25) is 0 Å². The normalized spacial score (nSPS) is 24.3. The molecule has 0 unspecified atom stereocenters. The molecule has 0 aromatic carbocycles. The van der Waals surface area contributed by atoms with Crippen LogP contribution >= 0.6 is 0 Å². The monoisotopic (exact) mass is 158 g/mol. The van der Waals surface area contributed by atoms with Crippen molar-refractivity contribution in [3.05, 3.63) is 0 Å². The topological polar surface area (TPSA) is 78.4 Å². The van der Waals surface area contributed by atoms with Crippen LogP contribution in [0, 0.1) is 0 Å². The summed E-state index contributed by atoms with van der Waals surface area (Å²) in [6.07, 6.45) is 0.275. The smallest absolute Gasteiger partial charge is 0.243 e. The predicted octanol–water partition coefficient (Wildman–Crippen LogP) is -2.02. The minimum absolute atomic E-state index is 0.0424. The van der Waals surface area contributed by atoms with Crippen LogP contribution in [0.5, 0.6) is 0 Å². The van der Waals surface area contributed by atoms with E-state index in [4.69, 9.17) is 5.11 Å². The fourth-order valence-electron chi connectivity index (χ4n) is 0.934. The SMILES string of the molecule is O=C1CNC(=O)[C@@H](CCO)N1. The number of piperazine rings is 1. The lowest BCUT2D eigenvalue weighted by atomic mass is 10.1. The van der Waals surface area contributed by atoms with E-state index in [1.165, 1.54) is 0 Å². The zero-order valence-electron chi connectivity index (χ0n) is 5.96. The number of hydrogen-bond donors (Lipinski definition) is 3. The number of hydrogen-bond acceptors (Lipinski definition) is 3. The summed E-state index contributed by atoms with van der Waals surface area (Å²) in [6.45, 7) is -0.0564. The maximum atomic E-state index is 10.9. The molecule has 2 amide bonds. The highest BCUT2D eigenvalue weighted by Crippen LogP contribution is 1.94. The molecule has 1 heterocycles. The summed E-state index contributed by atoms with van der Waals surface area (Å²) >= 11 is 0. The van der Waals surface area contributed by atoms with E-state index in [1.54, 1.807) is 0 Å². The fourth-order valence-corrected chi connectivity index (χ4v) is 0.934. The second kappa shape index (κ2) is 3.34. The second-order valence-corrected chi connectivity index (χ2v) is 2.35. The van der Waals surface area contributed by atoms with Gasteiger partial charge in [0.1, 0.15) is 6.04 Å². The molecule has 1 aliphatic heterocycles. The molecule has 0 spiro atoms. The molecule has 0 saturated carbocycles. The van der Waals surface area contributed by atoms with Gasteiger partial charge in [0.15, 0.2) is 0 Å². The zero-order chi connectivity index (χ0) is 8.27. The van der Waals surface area contributed by atoms with E-state index in [1.807, 2.05) is 0 Å². The van der Waals surface area contributed by atoms with Crippen LogP contribution < -0.4 is 10.6 Å². The number of carbonyl (C=O) groups excluding carboxylic acids is 2. The molecular weight excluding hydrogens is 148 g/mol. The van der Waals surface area contributed by atoms with E-state index < -0.39 is 6.04 Å². The van der Waals surface area contributed by atoms with Crippen molar-refractivity contribution in [1.29, 1.82) is 0 Å². The summed E-state index contributed by atoms with van der Waals surface area (Å²) in [5.41, 5.74) is 0. The van der Waals surface area contributed by atoms with Crippen LogP contribution in [-0.4, -0.2) is 36.1 Å². The highest BCUT2D eigenvalue weighted by Gasteiger charge is 2.24. The lowest BCUT2D eigenvalue weighted by Crippen LogP contribution is -2.56. The van der Waals surface area contributed by atoms with Crippen molar-refractivity contribution in [3.8, 4) is 0 Å². The molecule has 1 rings (SSSR count). The molecule has 62 valence electrons. The van der Waals surface area contributed by atoms with Crippen LogP contribution in [-0.2, 0) is 9.59 Å². The molecule has 1 saturated heterocycles. The lowest BCUT2D eigenvalue weighted by Gasteiger charge is -2.21. The summed E-state index contributed by atoms with van der Waals surface area (Å²) in [4.78, 5) is 21.6. The molecule has 11 heavy (non-hydrogen) atoms. The van der Waals surface area contributed by atoms with Gasteiger partial charge in [-0.2, -0.15) is 0 Å². The minimum Gasteiger partial charge on any atom is -0.396 e. The molecule has 0 radical (unpaired) electrons. The quantitative estimate of drug-likeness (QED) is 0.434. The van der Waals surface area contributed by atoms with Crippen LogP contribution in [0.15, 0.2) is 0 Å². The van der Waals surface area contributed by atoms with Crippen molar-refractivity contribution in [1.82, 2.24) is 10.6 Å². The van der Waals surface area contributed by atoms with Gasteiger partial charge in [0.2, 0.25) is 11.8 Å². The van der Waals surface area contributed by atoms with Crippen LogP contribution in [0.3, 0.4) is 0 Å². The highest BCUT2D eigenvalue weighted by molar-refractivity contribution is 5.94. The maximum Gasteiger partial charge on any atom is 0.243 e. The molecule has 0 aromatic rings. The largest absolute Gasteiger partial charge is 0.396 e. The Morgan fingerprint density at radius 3 is 2.91 bits per heavy atom. The molecule has 5 heteroatoms. The third-order valence-electron chi connectivity index (χ3n) is 1.49. The van der Waals surface area contributed by atoms with E-state index in [-0.39, 0.29) is 31.4 Å². The number of amides is 2. The van der Waals surface area contributed by atoms with Gasteiger partial charge in [0.05, 0.1) is 6.54 Å². The summed E-state index contributed by atoms with van der Waals surface area (Å²) in [5, 5.41) is 13.4. The summed E-state index contributed by atoms with van der Waals surface area (Å²) < 4.78 is 0. The van der Waals surface area contributed by atoms with E-state index >= 15 is 0 Å². The minimum atomic E-state index is -0.554. The van der Waals surface area contributed by atoms with Gasteiger partial charge < -0.3 is 15.7 Å². The van der Waals surface area contributed by atoms with Crippen molar-refractivity contribution in [2.75, 3.05) is 13.2 Å².